The number of thioether (sulfide) groups is 1. The Kier molecular flexibility index (Phi) is 7.40. The predicted molar refractivity (Wildman–Crippen MR) is 143 cm³/mol. The van der Waals surface area contributed by atoms with Crippen molar-refractivity contribution < 1.29 is 4.79 Å². The Labute approximate surface area is 209 Å². The molecule has 2 aromatic heterocycles. The van der Waals surface area contributed by atoms with Crippen molar-refractivity contribution in [2.24, 2.45) is 0 Å². The molecule has 0 bridgehead atoms. The molecule has 8 heteroatoms. The molecule has 4 aromatic rings. The molecule has 0 N–H and O–H groups in total. The van der Waals surface area contributed by atoms with Gasteiger partial charge in [0.15, 0.2) is 5.16 Å². The maximum Gasteiger partial charge on any atom is 0.267 e. The van der Waals surface area contributed by atoms with Crippen LogP contribution in [-0.2, 0) is 4.79 Å². The minimum atomic E-state index is -0.150. The van der Waals surface area contributed by atoms with Crippen molar-refractivity contribution in [2.75, 3.05) is 18.8 Å². The van der Waals surface area contributed by atoms with Crippen LogP contribution in [0.4, 0.5) is 0 Å². The number of aromatic nitrogens is 4. The zero-order valence-electron chi connectivity index (χ0n) is 20.7. The van der Waals surface area contributed by atoms with Crippen molar-refractivity contribution in [3.05, 3.63) is 76.6 Å². The van der Waals surface area contributed by atoms with E-state index >= 15 is 0 Å². The molecule has 0 aliphatic rings. The predicted octanol–water partition coefficient (Wildman–Crippen LogP) is 5.06. The molecule has 182 valence electrons. The molecule has 0 aliphatic heterocycles. The van der Waals surface area contributed by atoms with Gasteiger partial charge < -0.3 is 4.90 Å². The molecule has 1 amide bonds. The van der Waals surface area contributed by atoms with Crippen molar-refractivity contribution in [1.29, 1.82) is 0 Å². The summed E-state index contributed by atoms with van der Waals surface area (Å²) in [6.07, 6.45) is 1.05. The first kappa shape index (κ1) is 24.7. The fraction of sp³-hybridized carbons (Fsp3) is 0.333. The lowest BCUT2D eigenvalue weighted by molar-refractivity contribution is -0.127. The summed E-state index contributed by atoms with van der Waals surface area (Å²) in [7, 11) is 0. The van der Waals surface area contributed by atoms with E-state index in [1.54, 1.807) is 9.47 Å². The molecule has 0 saturated heterocycles. The Balaban J connectivity index is 1.79. The van der Waals surface area contributed by atoms with Crippen LogP contribution >= 0.6 is 11.8 Å². The first-order chi connectivity index (χ1) is 16.8. The van der Waals surface area contributed by atoms with E-state index in [9.17, 15) is 9.59 Å². The molecule has 0 saturated carbocycles. The topological polar surface area (TPSA) is 72.5 Å². The van der Waals surface area contributed by atoms with Gasteiger partial charge in [0.25, 0.3) is 5.56 Å². The SMILES string of the molecule is C=C(C)CN(CC)C(=O)CSc1nnc2n(-c3ccc(C(C)CC)cc3)c(=O)c3ccccc3n12. The summed E-state index contributed by atoms with van der Waals surface area (Å²) < 4.78 is 3.47. The lowest BCUT2D eigenvalue weighted by Gasteiger charge is -2.20. The normalized spacial score (nSPS) is 12.2. The van der Waals surface area contributed by atoms with Crippen molar-refractivity contribution in [3.8, 4) is 5.69 Å². The number of para-hydroxylation sites is 1. The third kappa shape index (κ3) is 4.89. The molecule has 7 nitrogen and oxygen atoms in total. The second-order valence-corrected chi connectivity index (χ2v) is 9.77. The Hall–Kier alpha value is -3.39. The van der Waals surface area contributed by atoms with Crippen molar-refractivity contribution in [1.82, 2.24) is 24.1 Å². The summed E-state index contributed by atoms with van der Waals surface area (Å²) >= 11 is 1.32. The van der Waals surface area contributed by atoms with Crippen molar-refractivity contribution >= 4 is 34.3 Å². The molecule has 2 aromatic carbocycles. The molecule has 0 spiro atoms. The monoisotopic (exact) mass is 489 g/mol. The quantitative estimate of drug-likeness (QED) is 0.243. The van der Waals surface area contributed by atoms with Gasteiger partial charge in [-0.25, -0.2) is 4.57 Å². The van der Waals surface area contributed by atoms with E-state index in [0.717, 1.165) is 17.7 Å². The number of hydrogen-bond acceptors (Lipinski definition) is 5. The zero-order chi connectivity index (χ0) is 25.1. The van der Waals surface area contributed by atoms with Gasteiger partial charge in [-0.3, -0.25) is 14.0 Å². The second-order valence-electron chi connectivity index (χ2n) is 8.83. The summed E-state index contributed by atoms with van der Waals surface area (Å²) in [4.78, 5) is 28.1. The summed E-state index contributed by atoms with van der Waals surface area (Å²) in [6, 6.07) is 15.5. The van der Waals surface area contributed by atoms with Gasteiger partial charge in [0.1, 0.15) is 0 Å². The van der Waals surface area contributed by atoms with E-state index in [1.807, 2.05) is 54.6 Å². The summed E-state index contributed by atoms with van der Waals surface area (Å²) in [6.45, 7) is 13.3. The largest absolute Gasteiger partial charge is 0.338 e. The third-order valence-electron chi connectivity index (χ3n) is 6.25. The van der Waals surface area contributed by atoms with Gasteiger partial charge in [-0.15, -0.1) is 10.2 Å². The van der Waals surface area contributed by atoms with Gasteiger partial charge in [-0.05, 0) is 56.0 Å². The molecule has 0 radical (unpaired) electrons. The van der Waals surface area contributed by atoms with Gasteiger partial charge in [0, 0.05) is 13.1 Å². The van der Waals surface area contributed by atoms with Crippen LogP contribution in [0.2, 0.25) is 0 Å². The Morgan fingerprint density at radius 2 is 1.83 bits per heavy atom. The number of carbonyl (C=O) groups excluding carboxylic acids is 1. The van der Waals surface area contributed by atoms with Gasteiger partial charge in [-0.1, -0.05) is 62.0 Å². The third-order valence-corrected chi connectivity index (χ3v) is 7.16. The Bertz CT molecular complexity index is 1440. The maximum absolute atomic E-state index is 13.5. The first-order valence-electron chi connectivity index (χ1n) is 11.9. The van der Waals surface area contributed by atoms with Crippen LogP contribution in [0, 0.1) is 0 Å². The zero-order valence-corrected chi connectivity index (χ0v) is 21.5. The van der Waals surface area contributed by atoms with Crippen LogP contribution < -0.4 is 5.56 Å². The van der Waals surface area contributed by atoms with Crippen LogP contribution in [0.1, 0.15) is 45.6 Å². The molecule has 0 fully saturated rings. The molecule has 0 aliphatic carbocycles. The molecular weight excluding hydrogens is 458 g/mol. The standard InChI is InChI=1S/C27H31N5O2S/c1-6-19(5)20-12-14-21(15-13-20)31-25(34)22-10-8-9-11-23(22)32-26(31)28-29-27(32)35-17-24(33)30(7-2)16-18(3)4/h8-15,19H,3,6-7,16-17H2,1-2,4-5H3. The highest BCUT2D eigenvalue weighted by Gasteiger charge is 2.20. The maximum atomic E-state index is 13.5. The summed E-state index contributed by atoms with van der Waals surface area (Å²) in [5.41, 5.74) is 3.47. The fourth-order valence-electron chi connectivity index (χ4n) is 4.11. The second kappa shape index (κ2) is 10.5. The molecular formula is C27H31N5O2S. The van der Waals surface area contributed by atoms with Crippen LogP contribution in [0.5, 0.6) is 0 Å². The molecule has 1 atom stereocenters. The highest BCUT2D eigenvalue weighted by molar-refractivity contribution is 7.99. The summed E-state index contributed by atoms with van der Waals surface area (Å²) in [5.74, 6) is 1.10. The van der Waals surface area contributed by atoms with E-state index in [-0.39, 0.29) is 17.2 Å². The minimum Gasteiger partial charge on any atom is -0.338 e. The number of amides is 1. The highest BCUT2D eigenvalue weighted by atomic mass is 32.2. The first-order valence-corrected chi connectivity index (χ1v) is 12.9. The average Bonchev–Trinajstić information content (AvgIpc) is 3.29. The van der Waals surface area contributed by atoms with E-state index in [0.29, 0.717) is 40.8 Å². The fourth-order valence-corrected chi connectivity index (χ4v) is 4.96. The van der Waals surface area contributed by atoms with Crippen molar-refractivity contribution in [3.63, 3.8) is 0 Å². The number of nitrogens with zero attached hydrogens (tertiary/aromatic N) is 5. The molecule has 1 unspecified atom stereocenters. The van der Waals surface area contributed by atoms with E-state index in [1.165, 1.54) is 17.3 Å². The van der Waals surface area contributed by atoms with Crippen LogP contribution in [0.15, 0.2) is 70.6 Å². The van der Waals surface area contributed by atoms with Gasteiger partial charge in [0.2, 0.25) is 11.7 Å². The van der Waals surface area contributed by atoms with E-state index in [4.69, 9.17) is 0 Å². The number of fused-ring (bicyclic) bond motifs is 3. The number of benzene rings is 2. The number of rotatable bonds is 9. The van der Waals surface area contributed by atoms with Gasteiger partial charge in [-0.2, -0.15) is 0 Å². The lowest BCUT2D eigenvalue weighted by atomic mass is 9.98. The van der Waals surface area contributed by atoms with E-state index < -0.39 is 0 Å². The molecule has 4 rings (SSSR count). The summed E-state index contributed by atoms with van der Waals surface area (Å²) in [5, 5.41) is 9.90. The number of hydrogen-bond donors (Lipinski definition) is 0. The van der Waals surface area contributed by atoms with Crippen LogP contribution in [-0.4, -0.2) is 48.8 Å². The van der Waals surface area contributed by atoms with Crippen LogP contribution in [0.25, 0.3) is 22.4 Å². The number of likely N-dealkylation sites (N-methyl/N-ethyl adjacent to an activating group) is 1. The minimum absolute atomic E-state index is 0.00973. The lowest BCUT2D eigenvalue weighted by Crippen LogP contribution is -2.33. The molecule has 35 heavy (non-hydrogen) atoms. The number of carbonyl (C=O) groups is 1. The molecule has 2 heterocycles. The van der Waals surface area contributed by atoms with Crippen LogP contribution in [0.3, 0.4) is 0 Å². The van der Waals surface area contributed by atoms with Gasteiger partial charge >= 0.3 is 0 Å². The van der Waals surface area contributed by atoms with Gasteiger partial charge in [0.05, 0.1) is 22.3 Å². The average molecular weight is 490 g/mol. The highest BCUT2D eigenvalue weighted by Crippen LogP contribution is 2.25. The Morgan fingerprint density at radius 3 is 2.49 bits per heavy atom. The van der Waals surface area contributed by atoms with E-state index in [2.05, 4.69) is 42.8 Å². The Morgan fingerprint density at radius 1 is 1.11 bits per heavy atom. The smallest absolute Gasteiger partial charge is 0.267 e. The van der Waals surface area contributed by atoms with Crippen molar-refractivity contribution in [2.45, 2.75) is 45.2 Å².